The molecule has 96 valence electrons. The number of hydrogen-bond acceptors (Lipinski definition) is 2. The molecule has 1 heterocycles. The Morgan fingerprint density at radius 1 is 1.39 bits per heavy atom. The first-order valence-electron chi connectivity index (χ1n) is 6.59. The van der Waals surface area contributed by atoms with E-state index in [0.717, 1.165) is 41.3 Å². The molecule has 1 aromatic heterocycles. The van der Waals surface area contributed by atoms with Crippen LogP contribution in [0.4, 0.5) is 0 Å². The van der Waals surface area contributed by atoms with Crippen LogP contribution < -0.4 is 5.73 Å². The maximum Gasteiger partial charge on any atom is 0.130 e. The van der Waals surface area contributed by atoms with Gasteiger partial charge in [-0.05, 0) is 38.0 Å². The molecule has 1 fully saturated rings. The van der Waals surface area contributed by atoms with Gasteiger partial charge in [0.25, 0.3) is 0 Å². The second-order valence-electron chi connectivity index (χ2n) is 5.18. The standard InChI is InChI=1S/C14H18ClN3/c1-2-18-12-9-10(15)5-6-11(12)17-13(18)14(16)7-3-4-8-14/h5-6,9H,2-4,7-8,16H2,1H3. The Bertz CT molecular complexity index is 582. The van der Waals surface area contributed by atoms with Crippen molar-refractivity contribution < 1.29 is 0 Å². The molecule has 2 aromatic rings. The number of aromatic nitrogens is 2. The van der Waals surface area contributed by atoms with Crippen molar-refractivity contribution in [1.82, 2.24) is 9.55 Å². The van der Waals surface area contributed by atoms with Crippen molar-refractivity contribution in [3.63, 3.8) is 0 Å². The monoisotopic (exact) mass is 263 g/mol. The molecule has 18 heavy (non-hydrogen) atoms. The zero-order valence-electron chi connectivity index (χ0n) is 10.6. The highest BCUT2D eigenvalue weighted by molar-refractivity contribution is 6.31. The van der Waals surface area contributed by atoms with Crippen LogP contribution in [0.1, 0.15) is 38.4 Å². The highest BCUT2D eigenvalue weighted by Crippen LogP contribution is 2.37. The van der Waals surface area contributed by atoms with Crippen molar-refractivity contribution in [2.75, 3.05) is 0 Å². The van der Waals surface area contributed by atoms with E-state index in [4.69, 9.17) is 22.3 Å². The van der Waals surface area contributed by atoms with Crippen molar-refractivity contribution in [3.05, 3.63) is 29.0 Å². The van der Waals surface area contributed by atoms with Crippen LogP contribution in [0.15, 0.2) is 18.2 Å². The molecule has 0 bridgehead atoms. The molecule has 3 nitrogen and oxygen atoms in total. The quantitative estimate of drug-likeness (QED) is 0.902. The maximum atomic E-state index is 6.54. The highest BCUT2D eigenvalue weighted by atomic mass is 35.5. The summed E-state index contributed by atoms with van der Waals surface area (Å²) in [6.45, 7) is 3.01. The zero-order chi connectivity index (χ0) is 12.8. The molecule has 0 spiro atoms. The van der Waals surface area contributed by atoms with E-state index in [1.807, 2.05) is 18.2 Å². The Labute approximate surface area is 112 Å². The molecule has 4 heteroatoms. The normalized spacial score (nSPS) is 18.6. The topological polar surface area (TPSA) is 43.8 Å². The van der Waals surface area contributed by atoms with Gasteiger partial charge in [-0.3, -0.25) is 0 Å². The molecule has 2 N–H and O–H groups in total. The van der Waals surface area contributed by atoms with Crippen molar-refractivity contribution in [3.8, 4) is 0 Å². The summed E-state index contributed by atoms with van der Waals surface area (Å²) in [7, 11) is 0. The van der Waals surface area contributed by atoms with E-state index < -0.39 is 0 Å². The minimum Gasteiger partial charge on any atom is -0.327 e. The van der Waals surface area contributed by atoms with Crippen molar-refractivity contribution in [2.24, 2.45) is 5.73 Å². The lowest BCUT2D eigenvalue weighted by molar-refractivity contribution is 0.413. The Hall–Kier alpha value is -1.06. The van der Waals surface area contributed by atoms with Gasteiger partial charge in [-0.2, -0.15) is 0 Å². The molecule has 1 aliphatic rings. The van der Waals surface area contributed by atoms with Crippen LogP contribution in [0.5, 0.6) is 0 Å². The first kappa shape index (κ1) is 12.0. The molecule has 3 rings (SSSR count). The summed E-state index contributed by atoms with van der Waals surface area (Å²) in [6, 6.07) is 5.85. The van der Waals surface area contributed by atoms with Gasteiger partial charge in [-0.1, -0.05) is 24.4 Å². The minimum absolute atomic E-state index is 0.249. The molecule has 1 aromatic carbocycles. The third-order valence-corrected chi connectivity index (χ3v) is 4.20. The number of aryl methyl sites for hydroxylation is 1. The van der Waals surface area contributed by atoms with Crippen molar-refractivity contribution >= 4 is 22.6 Å². The van der Waals surface area contributed by atoms with Crippen LogP contribution >= 0.6 is 11.6 Å². The van der Waals surface area contributed by atoms with Crippen LogP contribution in [-0.4, -0.2) is 9.55 Å². The number of nitrogens with zero attached hydrogens (tertiary/aromatic N) is 2. The number of hydrogen-bond donors (Lipinski definition) is 1. The summed E-state index contributed by atoms with van der Waals surface area (Å²) >= 11 is 6.08. The number of halogens is 1. The molecule has 1 aliphatic carbocycles. The Balaban J connectivity index is 2.23. The summed E-state index contributed by atoms with van der Waals surface area (Å²) in [5, 5.41) is 0.751. The average molecular weight is 264 g/mol. The van der Waals surface area contributed by atoms with E-state index >= 15 is 0 Å². The van der Waals surface area contributed by atoms with Crippen LogP contribution in [-0.2, 0) is 12.1 Å². The van der Waals surface area contributed by atoms with Gasteiger partial charge in [0.15, 0.2) is 0 Å². The van der Waals surface area contributed by atoms with Crippen molar-refractivity contribution in [2.45, 2.75) is 44.7 Å². The Morgan fingerprint density at radius 2 is 2.11 bits per heavy atom. The third kappa shape index (κ3) is 1.73. The van der Waals surface area contributed by atoms with Gasteiger partial charge >= 0.3 is 0 Å². The first-order chi connectivity index (χ1) is 8.64. The lowest BCUT2D eigenvalue weighted by Gasteiger charge is -2.23. The fourth-order valence-electron chi connectivity index (χ4n) is 3.03. The second kappa shape index (κ2) is 4.25. The largest absolute Gasteiger partial charge is 0.327 e. The second-order valence-corrected chi connectivity index (χ2v) is 5.61. The number of rotatable bonds is 2. The molecule has 0 aliphatic heterocycles. The molecule has 0 unspecified atom stereocenters. The smallest absolute Gasteiger partial charge is 0.130 e. The van der Waals surface area contributed by atoms with E-state index in [-0.39, 0.29) is 5.54 Å². The SMILES string of the molecule is CCn1c(C2(N)CCCC2)nc2ccc(Cl)cc21. The molecular formula is C14H18ClN3. The van der Waals surface area contributed by atoms with Crippen LogP contribution in [0.3, 0.4) is 0 Å². The number of nitrogens with two attached hydrogens (primary N) is 1. The van der Waals surface area contributed by atoms with E-state index in [1.54, 1.807) is 0 Å². The lowest BCUT2D eigenvalue weighted by Crippen LogP contribution is -2.36. The van der Waals surface area contributed by atoms with Gasteiger partial charge in [0, 0.05) is 11.6 Å². The van der Waals surface area contributed by atoms with E-state index in [1.165, 1.54) is 12.8 Å². The lowest BCUT2D eigenvalue weighted by atomic mass is 9.98. The van der Waals surface area contributed by atoms with E-state index in [9.17, 15) is 0 Å². The summed E-state index contributed by atoms with van der Waals surface area (Å²) in [4.78, 5) is 4.76. The molecule has 0 saturated heterocycles. The number of imidazole rings is 1. The Morgan fingerprint density at radius 3 is 2.78 bits per heavy atom. The predicted octanol–water partition coefficient (Wildman–Crippen LogP) is 3.44. The first-order valence-corrected chi connectivity index (χ1v) is 6.97. The van der Waals surface area contributed by atoms with Gasteiger partial charge in [0.1, 0.15) is 5.82 Å². The number of fused-ring (bicyclic) bond motifs is 1. The third-order valence-electron chi connectivity index (χ3n) is 3.97. The molecular weight excluding hydrogens is 246 g/mol. The predicted molar refractivity (Wildman–Crippen MR) is 74.8 cm³/mol. The summed E-state index contributed by atoms with van der Waals surface area (Å²) < 4.78 is 2.21. The van der Waals surface area contributed by atoms with Gasteiger partial charge in [-0.15, -0.1) is 0 Å². The summed E-state index contributed by atoms with van der Waals surface area (Å²) in [5.74, 6) is 1.03. The Kier molecular flexibility index (Phi) is 2.83. The molecule has 0 atom stereocenters. The molecule has 1 saturated carbocycles. The number of benzene rings is 1. The van der Waals surface area contributed by atoms with Crippen LogP contribution in [0.2, 0.25) is 5.02 Å². The van der Waals surface area contributed by atoms with Crippen molar-refractivity contribution in [1.29, 1.82) is 0 Å². The van der Waals surface area contributed by atoms with Gasteiger partial charge in [0.2, 0.25) is 0 Å². The van der Waals surface area contributed by atoms with Crippen LogP contribution in [0.25, 0.3) is 11.0 Å². The molecule has 0 amide bonds. The average Bonchev–Trinajstić information content (AvgIpc) is 2.93. The van der Waals surface area contributed by atoms with Gasteiger partial charge in [-0.25, -0.2) is 4.98 Å². The van der Waals surface area contributed by atoms with Gasteiger partial charge < -0.3 is 10.3 Å². The fraction of sp³-hybridized carbons (Fsp3) is 0.500. The van der Waals surface area contributed by atoms with Crippen LogP contribution in [0, 0.1) is 0 Å². The fourth-order valence-corrected chi connectivity index (χ4v) is 3.19. The van der Waals surface area contributed by atoms with E-state index in [2.05, 4.69) is 11.5 Å². The van der Waals surface area contributed by atoms with Gasteiger partial charge in [0.05, 0.1) is 16.6 Å². The summed E-state index contributed by atoms with van der Waals surface area (Å²) in [5.41, 5.74) is 8.38. The highest BCUT2D eigenvalue weighted by Gasteiger charge is 2.35. The minimum atomic E-state index is -0.249. The zero-order valence-corrected chi connectivity index (χ0v) is 11.4. The summed E-state index contributed by atoms with van der Waals surface area (Å²) in [6.07, 6.45) is 4.46. The maximum absolute atomic E-state index is 6.54. The van der Waals surface area contributed by atoms with E-state index in [0.29, 0.717) is 0 Å². The molecule has 0 radical (unpaired) electrons.